The highest BCUT2D eigenvalue weighted by Gasteiger charge is 2.19. The van der Waals surface area contributed by atoms with Gasteiger partial charge in [-0.3, -0.25) is 4.57 Å². The molecule has 0 N–H and O–H groups in total. The van der Waals surface area contributed by atoms with Crippen LogP contribution in [0.5, 0.6) is 0 Å². The third-order valence-electron chi connectivity index (χ3n) is 10.8. The van der Waals surface area contributed by atoms with Gasteiger partial charge in [-0.1, -0.05) is 103 Å². The zero-order valence-electron chi connectivity index (χ0n) is 29.0. The molecule has 3 heterocycles. The van der Waals surface area contributed by atoms with Crippen molar-refractivity contribution in [1.29, 1.82) is 5.26 Å². The van der Waals surface area contributed by atoms with Gasteiger partial charge in [0.05, 0.1) is 27.6 Å². The van der Waals surface area contributed by atoms with Crippen LogP contribution in [0.15, 0.2) is 176 Å². The summed E-state index contributed by atoms with van der Waals surface area (Å²) in [6.07, 6.45) is 0. The molecule has 0 bridgehead atoms. The van der Waals surface area contributed by atoms with E-state index in [2.05, 4.69) is 167 Å². The Morgan fingerprint density at radius 2 is 0.907 bits per heavy atom. The fraction of sp³-hybridized carbons (Fsp3) is 0. The number of nitriles is 1. The minimum atomic E-state index is 0.359. The Bertz CT molecular complexity index is 3350. The van der Waals surface area contributed by atoms with Gasteiger partial charge in [-0.2, -0.15) is 5.26 Å². The fourth-order valence-electron chi connectivity index (χ4n) is 8.22. The second kappa shape index (κ2) is 11.7. The summed E-state index contributed by atoms with van der Waals surface area (Å²) >= 11 is 0. The summed E-state index contributed by atoms with van der Waals surface area (Å²) in [5, 5.41) is 17.9. The summed E-state index contributed by atoms with van der Waals surface area (Å²) in [5.41, 5.74) is 11.1. The Hall–Kier alpha value is -7.55. The minimum Gasteiger partial charge on any atom is -0.309 e. The normalized spacial score (nSPS) is 11.7. The fourth-order valence-corrected chi connectivity index (χ4v) is 8.22. The second-order valence-electron chi connectivity index (χ2n) is 13.8. The van der Waals surface area contributed by atoms with Crippen LogP contribution in [0.3, 0.4) is 0 Å². The van der Waals surface area contributed by atoms with E-state index in [-0.39, 0.29) is 0 Å². The second-order valence-corrected chi connectivity index (χ2v) is 13.8. The molecule has 0 amide bonds. The molecule has 8 aromatic carbocycles. The van der Waals surface area contributed by atoms with Gasteiger partial charge >= 0.3 is 0 Å². The van der Waals surface area contributed by atoms with Crippen LogP contribution in [0.25, 0.3) is 99.2 Å². The average Bonchev–Trinajstić information content (AvgIpc) is 3.75. The quantitative estimate of drug-likeness (QED) is 0.185. The van der Waals surface area contributed by atoms with E-state index in [0.29, 0.717) is 11.6 Å². The van der Waals surface area contributed by atoms with E-state index in [4.69, 9.17) is 9.97 Å². The van der Waals surface area contributed by atoms with Gasteiger partial charge in [-0.25, -0.2) is 9.97 Å². The third-order valence-corrected chi connectivity index (χ3v) is 10.8. The molecule has 11 aromatic rings. The molecule has 3 aromatic heterocycles. The van der Waals surface area contributed by atoms with Crippen molar-refractivity contribution < 1.29 is 0 Å². The van der Waals surface area contributed by atoms with Crippen LogP contribution in [0.1, 0.15) is 5.69 Å². The van der Waals surface area contributed by atoms with Crippen LogP contribution in [-0.4, -0.2) is 19.1 Å². The van der Waals surface area contributed by atoms with Crippen LogP contribution in [0.4, 0.5) is 0 Å². The molecule has 0 atom stereocenters. The van der Waals surface area contributed by atoms with Crippen LogP contribution in [0.2, 0.25) is 0 Å². The molecule has 0 saturated heterocycles. The van der Waals surface area contributed by atoms with Crippen LogP contribution < -0.4 is 0 Å². The number of nitrogens with zero attached hydrogens (tertiary/aromatic N) is 5. The number of benzene rings is 8. The maximum Gasteiger partial charge on any atom is 0.236 e. The lowest BCUT2D eigenvalue weighted by atomic mass is 9.98. The van der Waals surface area contributed by atoms with Crippen molar-refractivity contribution in [3.05, 3.63) is 182 Å². The standard InChI is InChI=1S/C49H29N5/c50-30-44-39-15-6-8-16-43(39)51-49(52-44)54-47-24-21-34(33-19-18-31-10-4-5-11-32(31)26-33)28-41(47)42-29-36(22-25-48(42)54)35-20-23-46-40(27-35)38-14-7-9-17-45(38)53(46)37-12-2-1-3-13-37/h1-29H. The number of hydrogen-bond acceptors (Lipinski definition) is 3. The predicted octanol–water partition coefficient (Wildman–Crippen LogP) is 12.2. The summed E-state index contributed by atoms with van der Waals surface area (Å²) < 4.78 is 4.45. The Kier molecular flexibility index (Phi) is 6.55. The SMILES string of the molecule is N#Cc1nc(-n2c3ccc(-c4ccc5ccccc5c4)cc3c3cc(-c4ccc5c(c4)c4ccccc4n5-c4ccccc4)ccc32)nc2ccccc12. The number of para-hydroxylation sites is 3. The zero-order valence-corrected chi connectivity index (χ0v) is 29.0. The highest BCUT2D eigenvalue weighted by atomic mass is 15.2. The number of fused-ring (bicyclic) bond motifs is 8. The van der Waals surface area contributed by atoms with E-state index in [1.807, 2.05) is 24.3 Å². The Labute approximate surface area is 310 Å². The molecule has 0 unspecified atom stereocenters. The molecule has 0 aliphatic heterocycles. The van der Waals surface area contributed by atoms with E-state index in [0.717, 1.165) is 60.6 Å². The van der Waals surface area contributed by atoms with Gasteiger partial charge in [0.1, 0.15) is 6.07 Å². The van der Waals surface area contributed by atoms with Crippen molar-refractivity contribution in [3.63, 3.8) is 0 Å². The first-order chi connectivity index (χ1) is 26.7. The van der Waals surface area contributed by atoms with Gasteiger partial charge in [0.2, 0.25) is 5.95 Å². The van der Waals surface area contributed by atoms with Crippen LogP contribution >= 0.6 is 0 Å². The monoisotopic (exact) mass is 687 g/mol. The van der Waals surface area contributed by atoms with Gasteiger partial charge in [-0.15, -0.1) is 0 Å². The summed E-state index contributed by atoms with van der Waals surface area (Å²) in [7, 11) is 0. The molecule has 0 spiro atoms. The molecule has 0 fully saturated rings. The topological polar surface area (TPSA) is 59.4 Å². The lowest BCUT2D eigenvalue weighted by Crippen LogP contribution is -2.03. The van der Waals surface area contributed by atoms with Gasteiger partial charge in [0.25, 0.3) is 0 Å². The summed E-state index contributed by atoms with van der Waals surface area (Å²) in [6, 6.07) is 64.4. The summed E-state index contributed by atoms with van der Waals surface area (Å²) in [5.74, 6) is 0.478. The first-order valence-electron chi connectivity index (χ1n) is 18.1. The number of aromatic nitrogens is 4. The molecular weight excluding hydrogens is 659 g/mol. The molecule has 250 valence electrons. The van der Waals surface area contributed by atoms with Crippen molar-refractivity contribution in [2.75, 3.05) is 0 Å². The first kappa shape index (κ1) is 30.1. The van der Waals surface area contributed by atoms with Crippen molar-refractivity contribution in [3.8, 4) is 40.0 Å². The van der Waals surface area contributed by atoms with E-state index in [9.17, 15) is 5.26 Å². The van der Waals surface area contributed by atoms with Gasteiger partial charge in [-0.05, 0) is 106 Å². The molecular formula is C49H29N5. The summed E-state index contributed by atoms with van der Waals surface area (Å²) in [6.45, 7) is 0. The van der Waals surface area contributed by atoms with E-state index in [1.54, 1.807) is 0 Å². The summed E-state index contributed by atoms with van der Waals surface area (Å²) in [4.78, 5) is 9.85. The first-order valence-corrected chi connectivity index (χ1v) is 18.1. The maximum atomic E-state index is 10.1. The highest BCUT2D eigenvalue weighted by molar-refractivity contribution is 6.13. The molecule has 54 heavy (non-hydrogen) atoms. The molecule has 11 rings (SSSR count). The molecule has 0 radical (unpaired) electrons. The van der Waals surface area contributed by atoms with Gasteiger partial charge in [0, 0.05) is 32.6 Å². The number of hydrogen-bond donors (Lipinski definition) is 0. The molecule has 0 aliphatic carbocycles. The average molecular weight is 688 g/mol. The van der Waals surface area contributed by atoms with E-state index >= 15 is 0 Å². The molecule has 0 saturated carbocycles. The van der Waals surface area contributed by atoms with Crippen molar-refractivity contribution in [2.45, 2.75) is 0 Å². The smallest absolute Gasteiger partial charge is 0.236 e. The highest BCUT2D eigenvalue weighted by Crippen LogP contribution is 2.39. The Morgan fingerprint density at radius 3 is 1.61 bits per heavy atom. The van der Waals surface area contributed by atoms with Crippen molar-refractivity contribution in [2.24, 2.45) is 0 Å². The molecule has 5 heteroatoms. The lowest BCUT2D eigenvalue weighted by Gasteiger charge is -2.09. The van der Waals surface area contributed by atoms with Crippen molar-refractivity contribution >= 4 is 65.3 Å². The van der Waals surface area contributed by atoms with Crippen LogP contribution in [-0.2, 0) is 0 Å². The Balaban J connectivity index is 1.15. The van der Waals surface area contributed by atoms with Crippen LogP contribution in [0, 0.1) is 11.3 Å². The number of rotatable bonds is 4. The predicted molar refractivity (Wildman–Crippen MR) is 221 cm³/mol. The van der Waals surface area contributed by atoms with E-state index in [1.165, 1.54) is 32.6 Å². The molecule has 0 aliphatic rings. The molecule has 5 nitrogen and oxygen atoms in total. The lowest BCUT2D eigenvalue weighted by molar-refractivity contribution is 1.00. The van der Waals surface area contributed by atoms with Gasteiger partial charge in [0.15, 0.2) is 5.69 Å². The van der Waals surface area contributed by atoms with E-state index < -0.39 is 0 Å². The third kappa shape index (κ3) is 4.57. The Morgan fingerprint density at radius 1 is 0.389 bits per heavy atom. The largest absolute Gasteiger partial charge is 0.309 e. The zero-order chi connectivity index (χ0) is 35.8. The van der Waals surface area contributed by atoms with Gasteiger partial charge < -0.3 is 4.57 Å². The minimum absolute atomic E-state index is 0.359. The maximum absolute atomic E-state index is 10.1. The van der Waals surface area contributed by atoms with Crippen molar-refractivity contribution in [1.82, 2.24) is 19.1 Å².